The highest BCUT2D eigenvalue weighted by atomic mass is 32.1. The first-order chi connectivity index (χ1) is 7.08. The number of rotatable bonds is 5. The number of aromatic nitrogens is 1. The van der Waals surface area contributed by atoms with E-state index in [2.05, 4.69) is 15.6 Å². The van der Waals surface area contributed by atoms with E-state index in [0.29, 0.717) is 18.0 Å². The second-order valence-electron chi connectivity index (χ2n) is 3.47. The molecule has 1 amide bonds. The molecule has 0 spiro atoms. The van der Waals surface area contributed by atoms with Crippen LogP contribution in [-0.2, 0) is 4.79 Å². The standard InChI is InChI=1S/C9H16N4OS/c1-6(2)13-8(14)3-4-11-9-12-5-7(10)15-9/h5-6H,3-4,10H2,1-2H3,(H,11,12)(H,13,14). The van der Waals surface area contributed by atoms with Crippen LogP contribution in [0.5, 0.6) is 0 Å². The second kappa shape index (κ2) is 5.55. The Bertz CT molecular complexity index is 324. The zero-order chi connectivity index (χ0) is 11.3. The Labute approximate surface area is 93.1 Å². The van der Waals surface area contributed by atoms with Crippen LogP contribution in [0.25, 0.3) is 0 Å². The molecule has 1 aromatic heterocycles. The van der Waals surface area contributed by atoms with E-state index < -0.39 is 0 Å². The first-order valence-electron chi connectivity index (χ1n) is 4.82. The summed E-state index contributed by atoms with van der Waals surface area (Å²) in [4.78, 5) is 15.3. The summed E-state index contributed by atoms with van der Waals surface area (Å²) >= 11 is 1.38. The Morgan fingerprint density at radius 2 is 2.40 bits per heavy atom. The van der Waals surface area contributed by atoms with E-state index in [9.17, 15) is 4.79 Å². The Morgan fingerprint density at radius 3 is 2.93 bits per heavy atom. The molecular formula is C9H16N4OS. The molecule has 5 nitrogen and oxygen atoms in total. The smallest absolute Gasteiger partial charge is 0.221 e. The molecule has 6 heteroatoms. The maximum absolute atomic E-state index is 11.3. The van der Waals surface area contributed by atoms with E-state index >= 15 is 0 Å². The van der Waals surface area contributed by atoms with Crippen molar-refractivity contribution in [3.05, 3.63) is 6.20 Å². The molecule has 0 saturated carbocycles. The molecule has 0 atom stereocenters. The Morgan fingerprint density at radius 1 is 1.67 bits per heavy atom. The number of nitrogen functional groups attached to an aromatic ring is 1. The highest BCUT2D eigenvalue weighted by Crippen LogP contribution is 2.18. The maximum atomic E-state index is 11.3. The number of thiazole rings is 1. The monoisotopic (exact) mass is 228 g/mol. The van der Waals surface area contributed by atoms with E-state index in [4.69, 9.17) is 5.73 Å². The van der Waals surface area contributed by atoms with Crippen LogP contribution in [0.2, 0.25) is 0 Å². The van der Waals surface area contributed by atoms with E-state index in [0.717, 1.165) is 5.13 Å². The van der Waals surface area contributed by atoms with Crippen LogP contribution < -0.4 is 16.4 Å². The van der Waals surface area contributed by atoms with Gasteiger partial charge in [0, 0.05) is 19.0 Å². The van der Waals surface area contributed by atoms with Crippen molar-refractivity contribution in [1.29, 1.82) is 0 Å². The fourth-order valence-corrected chi connectivity index (χ4v) is 1.65. The van der Waals surface area contributed by atoms with Gasteiger partial charge in [-0.25, -0.2) is 4.98 Å². The number of nitrogens with two attached hydrogens (primary N) is 1. The maximum Gasteiger partial charge on any atom is 0.221 e. The Hall–Kier alpha value is -1.30. The molecule has 0 fully saturated rings. The van der Waals surface area contributed by atoms with E-state index in [1.807, 2.05) is 13.8 Å². The van der Waals surface area contributed by atoms with Gasteiger partial charge in [-0.1, -0.05) is 11.3 Å². The molecular weight excluding hydrogens is 212 g/mol. The third-order valence-corrected chi connectivity index (χ3v) is 2.39. The van der Waals surface area contributed by atoms with Crippen molar-refractivity contribution in [3.63, 3.8) is 0 Å². The normalized spacial score (nSPS) is 10.3. The lowest BCUT2D eigenvalue weighted by atomic mass is 10.3. The summed E-state index contributed by atoms with van der Waals surface area (Å²) in [7, 11) is 0. The number of carbonyl (C=O) groups is 1. The predicted molar refractivity (Wildman–Crippen MR) is 62.9 cm³/mol. The molecule has 0 bridgehead atoms. The molecule has 0 radical (unpaired) electrons. The van der Waals surface area contributed by atoms with Crippen molar-refractivity contribution in [2.24, 2.45) is 0 Å². The topological polar surface area (TPSA) is 80.0 Å². The van der Waals surface area contributed by atoms with Gasteiger partial charge in [-0.15, -0.1) is 0 Å². The largest absolute Gasteiger partial charge is 0.389 e. The number of amides is 1. The van der Waals surface area contributed by atoms with Crippen LogP contribution in [0.3, 0.4) is 0 Å². The van der Waals surface area contributed by atoms with E-state index in [1.54, 1.807) is 6.20 Å². The van der Waals surface area contributed by atoms with Crippen molar-refractivity contribution in [3.8, 4) is 0 Å². The minimum absolute atomic E-state index is 0.0435. The molecule has 0 unspecified atom stereocenters. The van der Waals surface area contributed by atoms with Gasteiger partial charge in [0.2, 0.25) is 5.91 Å². The molecule has 1 aromatic rings. The molecule has 0 saturated heterocycles. The molecule has 0 aromatic carbocycles. The van der Waals surface area contributed by atoms with Crippen LogP contribution in [-0.4, -0.2) is 23.5 Å². The quantitative estimate of drug-likeness (QED) is 0.703. The van der Waals surface area contributed by atoms with Crippen molar-refractivity contribution >= 4 is 27.4 Å². The van der Waals surface area contributed by atoms with Gasteiger partial charge in [-0.05, 0) is 13.8 Å². The number of hydrogen-bond acceptors (Lipinski definition) is 5. The van der Waals surface area contributed by atoms with Gasteiger partial charge in [-0.3, -0.25) is 4.79 Å². The van der Waals surface area contributed by atoms with Crippen molar-refractivity contribution in [2.45, 2.75) is 26.3 Å². The zero-order valence-electron chi connectivity index (χ0n) is 8.91. The highest BCUT2D eigenvalue weighted by Gasteiger charge is 2.03. The minimum atomic E-state index is 0.0435. The number of hydrogen-bond donors (Lipinski definition) is 3. The predicted octanol–water partition coefficient (Wildman–Crippen LogP) is 1.05. The Kier molecular flexibility index (Phi) is 4.36. The summed E-state index contributed by atoms with van der Waals surface area (Å²) in [6.45, 7) is 4.45. The molecule has 0 aliphatic rings. The average Bonchev–Trinajstić information content (AvgIpc) is 2.50. The van der Waals surface area contributed by atoms with Crippen LogP contribution in [0.1, 0.15) is 20.3 Å². The van der Waals surface area contributed by atoms with E-state index in [-0.39, 0.29) is 11.9 Å². The molecule has 0 aliphatic carbocycles. The van der Waals surface area contributed by atoms with Gasteiger partial charge in [0.15, 0.2) is 5.13 Å². The first kappa shape index (κ1) is 11.8. The third-order valence-electron chi connectivity index (χ3n) is 1.60. The van der Waals surface area contributed by atoms with Crippen LogP contribution >= 0.6 is 11.3 Å². The summed E-state index contributed by atoms with van der Waals surface area (Å²) < 4.78 is 0. The fourth-order valence-electron chi connectivity index (χ4n) is 1.05. The van der Waals surface area contributed by atoms with Gasteiger partial charge in [0.05, 0.1) is 6.20 Å². The number of anilines is 2. The fraction of sp³-hybridized carbons (Fsp3) is 0.556. The number of nitrogens with zero attached hydrogens (tertiary/aromatic N) is 1. The second-order valence-corrected chi connectivity index (χ2v) is 4.53. The summed E-state index contributed by atoms with van der Waals surface area (Å²) in [5, 5.41) is 7.27. The molecule has 4 N–H and O–H groups in total. The van der Waals surface area contributed by atoms with Crippen LogP contribution in [0, 0.1) is 0 Å². The molecule has 1 heterocycles. The SMILES string of the molecule is CC(C)NC(=O)CCNc1ncc(N)s1. The van der Waals surface area contributed by atoms with Crippen molar-refractivity contribution in [1.82, 2.24) is 10.3 Å². The summed E-state index contributed by atoms with van der Waals surface area (Å²) in [6, 6.07) is 0.188. The summed E-state index contributed by atoms with van der Waals surface area (Å²) in [5.74, 6) is 0.0435. The third kappa shape index (κ3) is 4.64. The van der Waals surface area contributed by atoms with Gasteiger partial charge in [0.25, 0.3) is 0 Å². The number of carbonyl (C=O) groups excluding carboxylic acids is 1. The van der Waals surface area contributed by atoms with Crippen molar-refractivity contribution < 1.29 is 4.79 Å². The van der Waals surface area contributed by atoms with Crippen LogP contribution in [0.15, 0.2) is 6.20 Å². The average molecular weight is 228 g/mol. The lowest BCUT2D eigenvalue weighted by Gasteiger charge is -2.07. The molecule has 15 heavy (non-hydrogen) atoms. The lowest BCUT2D eigenvalue weighted by Crippen LogP contribution is -2.31. The van der Waals surface area contributed by atoms with Gasteiger partial charge < -0.3 is 16.4 Å². The minimum Gasteiger partial charge on any atom is -0.389 e. The van der Waals surface area contributed by atoms with E-state index in [1.165, 1.54) is 11.3 Å². The Balaban J connectivity index is 2.19. The zero-order valence-corrected chi connectivity index (χ0v) is 9.73. The van der Waals surface area contributed by atoms with Gasteiger partial charge in [0.1, 0.15) is 5.00 Å². The summed E-state index contributed by atoms with van der Waals surface area (Å²) in [6.07, 6.45) is 2.04. The highest BCUT2D eigenvalue weighted by molar-refractivity contribution is 7.19. The van der Waals surface area contributed by atoms with Gasteiger partial charge >= 0.3 is 0 Å². The molecule has 0 aliphatic heterocycles. The molecule has 84 valence electrons. The number of nitrogens with one attached hydrogen (secondary N) is 2. The van der Waals surface area contributed by atoms with Crippen LogP contribution in [0.4, 0.5) is 10.1 Å². The first-order valence-corrected chi connectivity index (χ1v) is 5.64. The van der Waals surface area contributed by atoms with Crippen molar-refractivity contribution in [2.75, 3.05) is 17.6 Å². The molecule has 1 rings (SSSR count). The summed E-state index contributed by atoms with van der Waals surface area (Å²) in [5.41, 5.74) is 5.51. The van der Waals surface area contributed by atoms with Gasteiger partial charge in [-0.2, -0.15) is 0 Å². The lowest BCUT2D eigenvalue weighted by molar-refractivity contribution is -0.121.